The minimum Gasteiger partial charge on any atom is -0.368 e. The van der Waals surface area contributed by atoms with E-state index in [1.807, 2.05) is 24.6 Å². The Morgan fingerprint density at radius 3 is 2.81 bits per heavy atom. The number of hydrogen-bond acceptors (Lipinski definition) is 3. The summed E-state index contributed by atoms with van der Waals surface area (Å²) in [5, 5.41) is 11.9. The van der Waals surface area contributed by atoms with Gasteiger partial charge in [-0.1, -0.05) is 0 Å². The second-order valence-corrected chi connectivity index (χ2v) is 3.82. The molecule has 0 radical (unpaired) electrons. The van der Waals surface area contributed by atoms with Gasteiger partial charge in [0.1, 0.15) is 11.8 Å². The fraction of sp³-hybridized carbons (Fsp3) is 0.455. The van der Waals surface area contributed by atoms with Crippen LogP contribution in [0.3, 0.4) is 0 Å². The van der Waals surface area contributed by atoms with Crippen LogP contribution in [0, 0.1) is 18.3 Å². The van der Waals surface area contributed by atoms with Gasteiger partial charge in [-0.2, -0.15) is 5.26 Å². The van der Waals surface area contributed by atoms with Crippen LogP contribution in [0.2, 0.25) is 0 Å². The quantitative estimate of drug-likeness (QED) is 0.758. The molecule has 0 aromatic carbocycles. The zero-order valence-corrected chi connectivity index (χ0v) is 9.74. The molecule has 0 spiro atoms. The van der Waals surface area contributed by atoms with Crippen LogP contribution in [0.15, 0.2) is 6.07 Å². The van der Waals surface area contributed by atoms with E-state index in [-0.39, 0.29) is 11.9 Å². The monoisotopic (exact) mass is 220 g/mol. The topological polar surface area (TPSA) is 83.8 Å². The maximum absolute atomic E-state index is 10.8. The van der Waals surface area contributed by atoms with Gasteiger partial charge in [-0.05, 0) is 25.5 Å². The normalized spacial score (nSPS) is 12.1. The average molecular weight is 220 g/mol. The third-order valence-electron chi connectivity index (χ3n) is 2.78. The minimum absolute atomic E-state index is 0.370. The molecule has 1 rings (SSSR count). The van der Waals surface area contributed by atoms with Crippen LogP contribution >= 0.6 is 0 Å². The van der Waals surface area contributed by atoms with Gasteiger partial charge in [0.15, 0.2) is 0 Å². The average Bonchev–Trinajstić information content (AvgIpc) is 2.52. The molecule has 1 aromatic heterocycles. The summed E-state index contributed by atoms with van der Waals surface area (Å²) in [5.41, 5.74) is 7.77. The van der Waals surface area contributed by atoms with Crippen molar-refractivity contribution in [1.29, 1.82) is 5.26 Å². The number of aromatic nitrogens is 1. The zero-order chi connectivity index (χ0) is 12.3. The number of primary amides is 1. The number of nitrogens with one attached hydrogen (secondary N) is 1. The van der Waals surface area contributed by atoms with Crippen molar-refractivity contribution in [3.05, 3.63) is 23.0 Å². The lowest BCUT2D eigenvalue weighted by molar-refractivity contribution is -0.119. The Labute approximate surface area is 94.8 Å². The molecule has 0 aliphatic heterocycles. The smallest absolute Gasteiger partial charge is 0.234 e. The van der Waals surface area contributed by atoms with Gasteiger partial charge in [0.2, 0.25) is 5.91 Å². The molecule has 1 aromatic rings. The highest BCUT2D eigenvalue weighted by molar-refractivity contribution is 5.79. The van der Waals surface area contributed by atoms with Crippen molar-refractivity contribution < 1.29 is 4.79 Å². The van der Waals surface area contributed by atoms with Crippen LogP contribution < -0.4 is 11.1 Å². The number of carbonyl (C=O) groups excluding carboxylic acids is 1. The van der Waals surface area contributed by atoms with Gasteiger partial charge >= 0.3 is 0 Å². The summed E-state index contributed by atoms with van der Waals surface area (Å²) in [5.74, 6) is -0.380. The molecule has 5 heteroatoms. The largest absolute Gasteiger partial charge is 0.368 e. The Morgan fingerprint density at radius 1 is 1.75 bits per heavy atom. The Kier molecular flexibility index (Phi) is 3.69. The standard InChI is InChI=1S/C11H16N4O/c1-7(11(13)16)14-6-9-4-10(5-12)15(3)8(9)2/h4,7,14H,6H2,1-3H3,(H2,13,16). The SMILES string of the molecule is Cc1c(CNC(C)C(N)=O)cc(C#N)n1C. The lowest BCUT2D eigenvalue weighted by Crippen LogP contribution is -2.38. The van der Waals surface area contributed by atoms with Gasteiger partial charge in [-0.3, -0.25) is 4.79 Å². The first-order chi connectivity index (χ1) is 7.47. The Hall–Kier alpha value is -1.80. The number of nitrogens with two attached hydrogens (primary N) is 1. The molecule has 1 heterocycles. The number of nitriles is 1. The number of nitrogens with zero attached hydrogens (tertiary/aromatic N) is 2. The van der Waals surface area contributed by atoms with Crippen molar-refractivity contribution in [2.24, 2.45) is 12.8 Å². The third-order valence-corrected chi connectivity index (χ3v) is 2.78. The van der Waals surface area contributed by atoms with Crippen molar-refractivity contribution in [3.63, 3.8) is 0 Å². The van der Waals surface area contributed by atoms with Crippen molar-refractivity contribution in [1.82, 2.24) is 9.88 Å². The van der Waals surface area contributed by atoms with Crippen LogP contribution in [0.25, 0.3) is 0 Å². The van der Waals surface area contributed by atoms with Crippen molar-refractivity contribution in [2.45, 2.75) is 26.4 Å². The first-order valence-corrected chi connectivity index (χ1v) is 5.05. The van der Waals surface area contributed by atoms with Crippen LogP contribution in [0.5, 0.6) is 0 Å². The summed E-state index contributed by atoms with van der Waals surface area (Å²) in [6.45, 7) is 4.18. The minimum atomic E-state index is -0.380. The number of rotatable bonds is 4. The highest BCUT2D eigenvalue weighted by Crippen LogP contribution is 2.13. The van der Waals surface area contributed by atoms with Crippen LogP contribution in [-0.2, 0) is 18.4 Å². The van der Waals surface area contributed by atoms with E-state index in [4.69, 9.17) is 11.0 Å². The second kappa shape index (κ2) is 4.81. The van der Waals surface area contributed by atoms with Crippen LogP contribution in [0.4, 0.5) is 0 Å². The maximum Gasteiger partial charge on any atom is 0.234 e. The molecule has 0 aliphatic rings. The predicted octanol–water partition coefficient (Wildman–Crippen LogP) is 0.169. The number of hydrogen-bond donors (Lipinski definition) is 2. The summed E-state index contributed by atoms with van der Waals surface area (Å²) in [4.78, 5) is 10.8. The third kappa shape index (κ3) is 2.41. The number of carbonyl (C=O) groups is 1. The molecule has 86 valence electrons. The number of amides is 1. The van der Waals surface area contributed by atoms with E-state index in [2.05, 4.69) is 11.4 Å². The summed E-state index contributed by atoms with van der Waals surface area (Å²) < 4.78 is 1.83. The maximum atomic E-state index is 10.8. The van der Waals surface area contributed by atoms with E-state index in [1.54, 1.807) is 6.92 Å². The van der Waals surface area contributed by atoms with E-state index in [0.717, 1.165) is 11.3 Å². The van der Waals surface area contributed by atoms with Gasteiger partial charge in [-0.15, -0.1) is 0 Å². The molecule has 0 saturated carbocycles. The fourth-order valence-corrected chi connectivity index (χ4v) is 1.41. The van der Waals surface area contributed by atoms with E-state index in [9.17, 15) is 4.79 Å². The molecule has 0 saturated heterocycles. The van der Waals surface area contributed by atoms with Crippen LogP contribution in [-0.4, -0.2) is 16.5 Å². The Bertz CT molecular complexity index is 442. The van der Waals surface area contributed by atoms with Crippen molar-refractivity contribution in [2.75, 3.05) is 0 Å². The van der Waals surface area contributed by atoms with Gasteiger partial charge in [0.25, 0.3) is 0 Å². The van der Waals surface area contributed by atoms with Crippen molar-refractivity contribution >= 4 is 5.91 Å². The molecule has 0 fully saturated rings. The first kappa shape index (κ1) is 12.3. The Balaban J connectivity index is 2.76. The summed E-state index contributed by atoms with van der Waals surface area (Å²) in [7, 11) is 1.84. The lowest BCUT2D eigenvalue weighted by atomic mass is 10.2. The molecule has 1 atom stereocenters. The fourth-order valence-electron chi connectivity index (χ4n) is 1.41. The van der Waals surface area contributed by atoms with Gasteiger partial charge < -0.3 is 15.6 Å². The molecule has 16 heavy (non-hydrogen) atoms. The van der Waals surface area contributed by atoms with Gasteiger partial charge in [-0.25, -0.2) is 0 Å². The molecule has 5 nitrogen and oxygen atoms in total. The van der Waals surface area contributed by atoms with E-state index in [1.165, 1.54) is 0 Å². The molecule has 0 aliphatic carbocycles. The van der Waals surface area contributed by atoms with Crippen molar-refractivity contribution in [3.8, 4) is 6.07 Å². The zero-order valence-electron chi connectivity index (χ0n) is 9.74. The molecule has 0 bridgehead atoms. The first-order valence-electron chi connectivity index (χ1n) is 5.05. The summed E-state index contributed by atoms with van der Waals surface area (Å²) >= 11 is 0. The van der Waals surface area contributed by atoms with Gasteiger partial charge in [0, 0.05) is 19.3 Å². The highest BCUT2D eigenvalue weighted by Gasteiger charge is 2.11. The summed E-state index contributed by atoms with van der Waals surface area (Å²) in [6, 6.07) is 3.56. The van der Waals surface area contributed by atoms with Crippen LogP contribution in [0.1, 0.15) is 23.9 Å². The molecular weight excluding hydrogens is 204 g/mol. The molecular formula is C11H16N4O. The van der Waals surface area contributed by atoms with E-state index in [0.29, 0.717) is 12.2 Å². The highest BCUT2D eigenvalue weighted by atomic mass is 16.1. The predicted molar refractivity (Wildman–Crippen MR) is 60.4 cm³/mol. The molecule has 1 amide bonds. The lowest BCUT2D eigenvalue weighted by Gasteiger charge is -2.09. The van der Waals surface area contributed by atoms with Gasteiger partial charge in [0.05, 0.1) is 6.04 Å². The second-order valence-electron chi connectivity index (χ2n) is 3.82. The summed E-state index contributed by atoms with van der Waals surface area (Å²) in [6.07, 6.45) is 0. The Morgan fingerprint density at radius 2 is 2.38 bits per heavy atom. The molecule has 3 N–H and O–H groups in total. The molecule has 1 unspecified atom stereocenters. The van der Waals surface area contributed by atoms with E-state index < -0.39 is 0 Å². The van der Waals surface area contributed by atoms with E-state index >= 15 is 0 Å².